The van der Waals surface area contributed by atoms with Gasteiger partial charge < -0.3 is 5.32 Å². The highest BCUT2D eigenvalue weighted by atomic mass is 15.3. The quantitative estimate of drug-likeness (QED) is 0.806. The lowest BCUT2D eigenvalue weighted by Gasteiger charge is -2.41. The molecule has 1 heterocycles. The summed E-state index contributed by atoms with van der Waals surface area (Å²) in [5, 5.41) is 3.58. The Kier molecular flexibility index (Phi) is 5.46. The number of nitrogens with one attached hydrogen (secondary N) is 1. The summed E-state index contributed by atoms with van der Waals surface area (Å²) in [7, 11) is 2.15. The SMILES string of the molecule is CCN1CCN(CC(NC)C2CCCC2)CC1C. The molecule has 3 heteroatoms. The van der Waals surface area contributed by atoms with Crippen LogP contribution in [0.4, 0.5) is 0 Å². The average molecular weight is 253 g/mol. The summed E-state index contributed by atoms with van der Waals surface area (Å²) in [6, 6.07) is 1.44. The second-order valence-corrected chi connectivity index (χ2v) is 6.18. The van der Waals surface area contributed by atoms with Crippen LogP contribution in [0.25, 0.3) is 0 Å². The van der Waals surface area contributed by atoms with Crippen molar-refractivity contribution in [1.29, 1.82) is 0 Å². The Labute approximate surface area is 113 Å². The first kappa shape index (κ1) is 14.3. The molecule has 0 radical (unpaired) electrons. The molecule has 1 aliphatic heterocycles. The van der Waals surface area contributed by atoms with Crippen LogP contribution in [0.1, 0.15) is 39.5 Å². The van der Waals surface area contributed by atoms with Gasteiger partial charge in [-0.2, -0.15) is 0 Å². The molecule has 2 fully saturated rings. The fourth-order valence-electron chi connectivity index (χ4n) is 3.82. The largest absolute Gasteiger partial charge is 0.315 e. The molecule has 1 saturated heterocycles. The van der Waals surface area contributed by atoms with Gasteiger partial charge in [-0.25, -0.2) is 0 Å². The van der Waals surface area contributed by atoms with Gasteiger partial charge in [0.25, 0.3) is 0 Å². The first-order valence-corrected chi connectivity index (χ1v) is 7.88. The zero-order valence-electron chi connectivity index (χ0n) is 12.5. The Morgan fingerprint density at radius 2 is 1.94 bits per heavy atom. The third-order valence-electron chi connectivity index (χ3n) is 5.05. The molecule has 2 unspecified atom stereocenters. The van der Waals surface area contributed by atoms with E-state index in [2.05, 4.69) is 36.0 Å². The second-order valence-electron chi connectivity index (χ2n) is 6.18. The second kappa shape index (κ2) is 6.88. The maximum absolute atomic E-state index is 3.58. The Hall–Kier alpha value is -0.120. The molecule has 2 atom stereocenters. The fraction of sp³-hybridized carbons (Fsp3) is 1.00. The highest BCUT2D eigenvalue weighted by Gasteiger charge is 2.28. The van der Waals surface area contributed by atoms with Gasteiger partial charge in [0, 0.05) is 38.3 Å². The number of likely N-dealkylation sites (N-methyl/N-ethyl adjacent to an activating group) is 2. The number of rotatable bonds is 5. The third kappa shape index (κ3) is 3.46. The Bertz CT molecular complexity index is 238. The molecule has 18 heavy (non-hydrogen) atoms. The minimum atomic E-state index is 0.716. The van der Waals surface area contributed by atoms with Crippen molar-refractivity contribution >= 4 is 0 Å². The van der Waals surface area contributed by atoms with Crippen LogP contribution in [0, 0.1) is 5.92 Å². The van der Waals surface area contributed by atoms with E-state index in [0.717, 1.165) is 12.0 Å². The summed E-state index contributed by atoms with van der Waals surface area (Å²) in [6.07, 6.45) is 5.78. The summed E-state index contributed by atoms with van der Waals surface area (Å²) < 4.78 is 0. The van der Waals surface area contributed by atoms with Crippen molar-refractivity contribution < 1.29 is 0 Å². The van der Waals surface area contributed by atoms with Gasteiger partial charge in [0.05, 0.1) is 0 Å². The van der Waals surface area contributed by atoms with Crippen LogP contribution in [0.15, 0.2) is 0 Å². The van der Waals surface area contributed by atoms with Crippen molar-refractivity contribution in [2.24, 2.45) is 5.92 Å². The topological polar surface area (TPSA) is 18.5 Å². The van der Waals surface area contributed by atoms with Gasteiger partial charge in [0.15, 0.2) is 0 Å². The minimum Gasteiger partial charge on any atom is -0.315 e. The lowest BCUT2D eigenvalue weighted by Crippen LogP contribution is -2.55. The lowest BCUT2D eigenvalue weighted by molar-refractivity contribution is 0.0763. The van der Waals surface area contributed by atoms with Crippen LogP contribution in [-0.4, -0.2) is 61.7 Å². The van der Waals surface area contributed by atoms with Crippen molar-refractivity contribution in [1.82, 2.24) is 15.1 Å². The van der Waals surface area contributed by atoms with Gasteiger partial charge in [-0.1, -0.05) is 19.8 Å². The van der Waals surface area contributed by atoms with Crippen LogP contribution in [0.2, 0.25) is 0 Å². The molecule has 0 amide bonds. The van der Waals surface area contributed by atoms with Crippen molar-refractivity contribution in [3.8, 4) is 0 Å². The summed E-state index contributed by atoms with van der Waals surface area (Å²) in [4.78, 5) is 5.27. The van der Waals surface area contributed by atoms with Crippen LogP contribution >= 0.6 is 0 Å². The van der Waals surface area contributed by atoms with E-state index in [0.29, 0.717) is 6.04 Å². The number of nitrogens with zero attached hydrogens (tertiary/aromatic N) is 2. The monoisotopic (exact) mass is 253 g/mol. The van der Waals surface area contributed by atoms with Crippen LogP contribution < -0.4 is 5.32 Å². The molecule has 2 rings (SSSR count). The maximum atomic E-state index is 3.58. The molecule has 0 aromatic rings. The zero-order valence-corrected chi connectivity index (χ0v) is 12.5. The van der Waals surface area contributed by atoms with E-state index in [1.165, 1.54) is 58.4 Å². The smallest absolute Gasteiger partial charge is 0.0220 e. The van der Waals surface area contributed by atoms with Crippen LogP contribution in [-0.2, 0) is 0 Å². The lowest BCUT2D eigenvalue weighted by atomic mass is 9.97. The van der Waals surface area contributed by atoms with E-state index in [1.807, 2.05) is 0 Å². The molecule has 0 spiro atoms. The van der Waals surface area contributed by atoms with Gasteiger partial charge >= 0.3 is 0 Å². The van der Waals surface area contributed by atoms with Crippen molar-refractivity contribution in [2.45, 2.75) is 51.6 Å². The summed E-state index contributed by atoms with van der Waals surface area (Å²) in [5.41, 5.74) is 0. The first-order chi connectivity index (χ1) is 8.74. The van der Waals surface area contributed by atoms with Crippen molar-refractivity contribution in [2.75, 3.05) is 39.8 Å². The first-order valence-electron chi connectivity index (χ1n) is 7.88. The zero-order chi connectivity index (χ0) is 13.0. The molecule has 3 nitrogen and oxygen atoms in total. The highest BCUT2D eigenvalue weighted by molar-refractivity contribution is 4.86. The van der Waals surface area contributed by atoms with Crippen molar-refractivity contribution in [3.63, 3.8) is 0 Å². The number of hydrogen-bond acceptors (Lipinski definition) is 3. The standard InChI is InChI=1S/C15H31N3/c1-4-18-10-9-17(11-13(18)2)12-15(16-3)14-7-5-6-8-14/h13-16H,4-12H2,1-3H3. The van der Waals surface area contributed by atoms with E-state index in [-0.39, 0.29) is 0 Å². The fourth-order valence-corrected chi connectivity index (χ4v) is 3.82. The molecule has 2 aliphatic rings. The van der Waals surface area contributed by atoms with Crippen LogP contribution in [0.3, 0.4) is 0 Å². The molecule has 0 bridgehead atoms. The van der Waals surface area contributed by atoms with Gasteiger partial charge in [0.1, 0.15) is 0 Å². The van der Waals surface area contributed by atoms with Gasteiger partial charge in [-0.3, -0.25) is 9.80 Å². The van der Waals surface area contributed by atoms with Gasteiger partial charge in [-0.15, -0.1) is 0 Å². The molecule has 106 valence electrons. The summed E-state index contributed by atoms with van der Waals surface area (Å²) >= 11 is 0. The highest BCUT2D eigenvalue weighted by Crippen LogP contribution is 2.28. The Morgan fingerprint density at radius 3 is 2.50 bits per heavy atom. The van der Waals surface area contributed by atoms with E-state index in [4.69, 9.17) is 0 Å². The van der Waals surface area contributed by atoms with E-state index in [1.54, 1.807) is 0 Å². The predicted molar refractivity (Wildman–Crippen MR) is 78.0 cm³/mol. The Morgan fingerprint density at radius 1 is 1.22 bits per heavy atom. The third-order valence-corrected chi connectivity index (χ3v) is 5.05. The number of piperazine rings is 1. The average Bonchev–Trinajstić information content (AvgIpc) is 2.90. The van der Waals surface area contributed by atoms with E-state index in [9.17, 15) is 0 Å². The van der Waals surface area contributed by atoms with E-state index >= 15 is 0 Å². The molecule has 1 saturated carbocycles. The van der Waals surface area contributed by atoms with Crippen LogP contribution in [0.5, 0.6) is 0 Å². The maximum Gasteiger partial charge on any atom is 0.0220 e. The normalized spacial score (nSPS) is 29.8. The van der Waals surface area contributed by atoms with E-state index < -0.39 is 0 Å². The minimum absolute atomic E-state index is 0.716. The van der Waals surface area contributed by atoms with Gasteiger partial charge in [0.2, 0.25) is 0 Å². The summed E-state index contributed by atoms with van der Waals surface area (Å²) in [5.74, 6) is 0.925. The molecular formula is C15H31N3. The van der Waals surface area contributed by atoms with Gasteiger partial charge in [-0.05, 0) is 39.3 Å². The van der Waals surface area contributed by atoms with Crippen molar-refractivity contribution in [3.05, 3.63) is 0 Å². The summed E-state index contributed by atoms with van der Waals surface area (Å²) in [6.45, 7) is 10.9. The molecular weight excluding hydrogens is 222 g/mol. The molecule has 0 aromatic carbocycles. The molecule has 1 N–H and O–H groups in total. The predicted octanol–water partition coefficient (Wildman–Crippen LogP) is 1.79. The molecule has 1 aliphatic carbocycles. The molecule has 0 aromatic heterocycles. The number of hydrogen-bond donors (Lipinski definition) is 1. The Balaban J connectivity index is 1.81.